The highest BCUT2D eigenvalue weighted by molar-refractivity contribution is 5.76. The lowest BCUT2D eigenvalue weighted by atomic mass is 10.1. The lowest BCUT2D eigenvalue weighted by Crippen LogP contribution is -3.15. The predicted molar refractivity (Wildman–Crippen MR) is 77.2 cm³/mol. The molecule has 6 heteroatoms. The van der Waals surface area contributed by atoms with Crippen molar-refractivity contribution >= 4 is 5.91 Å². The summed E-state index contributed by atoms with van der Waals surface area (Å²) in [5.74, 6) is 0.326. The zero-order chi connectivity index (χ0) is 15.1. The summed E-state index contributed by atoms with van der Waals surface area (Å²) >= 11 is 0. The van der Waals surface area contributed by atoms with E-state index in [0.717, 1.165) is 31.9 Å². The maximum atomic E-state index is 10.8. The summed E-state index contributed by atoms with van der Waals surface area (Å²) in [5.41, 5.74) is 5.99. The van der Waals surface area contributed by atoms with E-state index in [0.29, 0.717) is 12.3 Å². The number of primary amides is 1. The molecule has 0 aromatic heterocycles. The molecule has 0 radical (unpaired) electrons. The minimum Gasteiger partial charge on any atom is -0.491 e. The van der Waals surface area contributed by atoms with Gasteiger partial charge < -0.3 is 25.2 Å². The van der Waals surface area contributed by atoms with Gasteiger partial charge in [-0.15, -0.1) is 0 Å². The predicted octanol–water partition coefficient (Wildman–Crippen LogP) is -1.63. The van der Waals surface area contributed by atoms with E-state index >= 15 is 0 Å². The molecule has 1 fully saturated rings. The van der Waals surface area contributed by atoms with Crippen molar-refractivity contribution in [3.8, 4) is 5.75 Å². The lowest BCUT2D eigenvalue weighted by molar-refractivity contribution is -0.911. The van der Waals surface area contributed by atoms with Gasteiger partial charge in [0.15, 0.2) is 0 Å². The number of nitrogens with one attached hydrogen (secondary N) is 1. The van der Waals surface area contributed by atoms with Gasteiger partial charge in [-0.3, -0.25) is 4.79 Å². The van der Waals surface area contributed by atoms with Gasteiger partial charge in [-0.05, 0) is 17.7 Å². The number of amides is 1. The Morgan fingerprint density at radius 2 is 2.00 bits per heavy atom. The summed E-state index contributed by atoms with van der Waals surface area (Å²) in [6.07, 6.45) is -0.271. The van der Waals surface area contributed by atoms with Gasteiger partial charge in [0, 0.05) is 0 Å². The molecule has 1 amide bonds. The van der Waals surface area contributed by atoms with Gasteiger partial charge in [0.2, 0.25) is 5.91 Å². The molecule has 0 saturated carbocycles. The van der Waals surface area contributed by atoms with Crippen LogP contribution in [0.4, 0.5) is 0 Å². The molecular formula is C15H23N2O4+. The van der Waals surface area contributed by atoms with Gasteiger partial charge in [0.1, 0.15) is 38.1 Å². The molecule has 116 valence electrons. The Hall–Kier alpha value is -1.63. The first kappa shape index (κ1) is 15.8. The molecule has 21 heavy (non-hydrogen) atoms. The maximum absolute atomic E-state index is 10.8. The number of rotatable bonds is 7. The third-order valence-corrected chi connectivity index (χ3v) is 3.47. The Morgan fingerprint density at radius 3 is 2.62 bits per heavy atom. The van der Waals surface area contributed by atoms with Gasteiger partial charge in [0.25, 0.3) is 0 Å². The smallest absolute Gasteiger partial charge is 0.221 e. The van der Waals surface area contributed by atoms with Crippen molar-refractivity contribution in [2.75, 3.05) is 39.5 Å². The SMILES string of the molecule is NC(=O)Cc1ccc(OC[C@@H](O)C[NH+]2CCOCC2)cc1. The van der Waals surface area contributed by atoms with Gasteiger partial charge in [-0.25, -0.2) is 0 Å². The number of hydrogen-bond acceptors (Lipinski definition) is 4. The molecule has 1 aromatic rings. The molecule has 1 heterocycles. The Kier molecular flexibility index (Phi) is 5.98. The number of hydrogen-bond donors (Lipinski definition) is 3. The first-order chi connectivity index (χ1) is 10.1. The Bertz CT molecular complexity index is 443. The third-order valence-electron chi connectivity index (χ3n) is 3.47. The van der Waals surface area contributed by atoms with E-state index in [2.05, 4.69) is 0 Å². The second-order valence-corrected chi connectivity index (χ2v) is 5.32. The van der Waals surface area contributed by atoms with Crippen molar-refractivity contribution in [3.63, 3.8) is 0 Å². The van der Waals surface area contributed by atoms with E-state index in [-0.39, 0.29) is 18.9 Å². The van der Waals surface area contributed by atoms with Crippen LogP contribution in [-0.2, 0) is 16.0 Å². The Morgan fingerprint density at radius 1 is 1.33 bits per heavy atom. The van der Waals surface area contributed by atoms with E-state index in [1.807, 2.05) is 0 Å². The number of ether oxygens (including phenoxy) is 2. The number of nitrogens with two attached hydrogens (primary N) is 1. The number of carbonyl (C=O) groups excluding carboxylic acids is 1. The van der Waals surface area contributed by atoms with Crippen molar-refractivity contribution in [2.24, 2.45) is 5.73 Å². The van der Waals surface area contributed by atoms with Crippen LogP contribution in [0.2, 0.25) is 0 Å². The minimum atomic E-state index is -0.497. The quantitative estimate of drug-likeness (QED) is 0.564. The average molecular weight is 295 g/mol. The largest absolute Gasteiger partial charge is 0.491 e. The van der Waals surface area contributed by atoms with Gasteiger partial charge in [-0.1, -0.05) is 12.1 Å². The van der Waals surface area contributed by atoms with Crippen molar-refractivity contribution in [3.05, 3.63) is 29.8 Å². The van der Waals surface area contributed by atoms with Crippen LogP contribution < -0.4 is 15.4 Å². The van der Waals surface area contributed by atoms with Crippen LogP contribution in [0.15, 0.2) is 24.3 Å². The average Bonchev–Trinajstić information content (AvgIpc) is 2.47. The highest BCUT2D eigenvalue weighted by atomic mass is 16.5. The molecule has 0 unspecified atom stereocenters. The van der Waals surface area contributed by atoms with Crippen LogP contribution in [0.5, 0.6) is 5.75 Å². The number of carbonyl (C=O) groups is 1. The van der Waals surface area contributed by atoms with Gasteiger partial charge in [-0.2, -0.15) is 0 Å². The van der Waals surface area contributed by atoms with E-state index in [4.69, 9.17) is 15.2 Å². The zero-order valence-corrected chi connectivity index (χ0v) is 12.1. The molecule has 6 nitrogen and oxygen atoms in total. The summed E-state index contributed by atoms with van der Waals surface area (Å²) < 4.78 is 10.8. The lowest BCUT2D eigenvalue weighted by Gasteiger charge is -2.25. The number of aliphatic hydroxyl groups excluding tert-OH is 1. The van der Waals surface area contributed by atoms with Crippen LogP contribution in [0.3, 0.4) is 0 Å². The summed E-state index contributed by atoms with van der Waals surface area (Å²) in [6.45, 7) is 4.30. The fraction of sp³-hybridized carbons (Fsp3) is 0.533. The molecule has 0 bridgehead atoms. The summed E-state index contributed by atoms with van der Waals surface area (Å²) in [6, 6.07) is 7.18. The van der Waals surface area contributed by atoms with Crippen molar-refractivity contribution in [1.29, 1.82) is 0 Å². The summed E-state index contributed by atoms with van der Waals surface area (Å²) in [4.78, 5) is 12.1. The number of quaternary nitrogens is 1. The number of benzene rings is 1. The second kappa shape index (κ2) is 7.97. The Labute approximate surface area is 124 Å². The third kappa shape index (κ3) is 5.71. The van der Waals surface area contributed by atoms with E-state index < -0.39 is 6.10 Å². The highest BCUT2D eigenvalue weighted by Crippen LogP contribution is 2.12. The Balaban J connectivity index is 1.72. The van der Waals surface area contributed by atoms with Gasteiger partial charge >= 0.3 is 0 Å². The standard InChI is InChI=1S/C15H22N2O4/c16-15(19)9-12-1-3-14(4-2-12)21-11-13(18)10-17-5-7-20-8-6-17/h1-4,13,18H,5-11H2,(H2,16,19)/p+1/t13-/m0/s1. The second-order valence-electron chi connectivity index (χ2n) is 5.32. The maximum Gasteiger partial charge on any atom is 0.221 e. The highest BCUT2D eigenvalue weighted by Gasteiger charge is 2.18. The van der Waals surface area contributed by atoms with Crippen LogP contribution >= 0.6 is 0 Å². The fourth-order valence-electron chi connectivity index (χ4n) is 2.35. The molecule has 0 aliphatic carbocycles. The monoisotopic (exact) mass is 295 g/mol. The molecular weight excluding hydrogens is 272 g/mol. The fourth-order valence-corrected chi connectivity index (χ4v) is 2.35. The van der Waals surface area contributed by atoms with E-state index in [1.165, 1.54) is 4.90 Å². The first-order valence-corrected chi connectivity index (χ1v) is 7.23. The van der Waals surface area contributed by atoms with Crippen molar-refractivity contribution in [1.82, 2.24) is 0 Å². The molecule has 1 aliphatic heterocycles. The summed E-state index contributed by atoms with van der Waals surface area (Å²) in [7, 11) is 0. The number of aliphatic hydroxyl groups is 1. The first-order valence-electron chi connectivity index (χ1n) is 7.23. The van der Waals surface area contributed by atoms with E-state index in [9.17, 15) is 9.90 Å². The molecule has 4 N–H and O–H groups in total. The van der Waals surface area contributed by atoms with Crippen LogP contribution in [-0.4, -0.2) is 56.6 Å². The van der Waals surface area contributed by atoms with Gasteiger partial charge in [0.05, 0.1) is 19.6 Å². The van der Waals surface area contributed by atoms with Crippen LogP contribution in [0, 0.1) is 0 Å². The number of morpholine rings is 1. The molecule has 1 aliphatic rings. The van der Waals surface area contributed by atoms with Crippen LogP contribution in [0.1, 0.15) is 5.56 Å². The molecule has 1 atom stereocenters. The minimum absolute atomic E-state index is 0.225. The van der Waals surface area contributed by atoms with Crippen molar-refractivity contribution < 1.29 is 24.3 Å². The van der Waals surface area contributed by atoms with Crippen molar-refractivity contribution in [2.45, 2.75) is 12.5 Å². The van der Waals surface area contributed by atoms with Crippen LogP contribution in [0.25, 0.3) is 0 Å². The van der Waals surface area contributed by atoms with E-state index in [1.54, 1.807) is 24.3 Å². The molecule has 0 spiro atoms. The molecule has 1 aromatic carbocycles. The summed E-state index contributed by atoms with van der Waals surface area (Å²) in [5, 5.41) is 9.99. The molecule has 1 saturated heterocycles. The topological polar surface area (TPSA) is 86.2 Å². The zero-order valence-electron chi connectivity index (χ0n) is 12.1. The molecule has 2 rings (SSSR count). The normalized spacial score (nSPS) is 17.4.